The minimum absolute atomic E-state index is 0.0864. The Morgan fingerprint density at radius 2 is 2.08 bits per heavy atom. The molecule has 25 heavy (non-hydrogen) atoms. The van der Waals surface area contributed by atoms with Crippen LogP contribution in [0.2, 0.25) is 0 Å². The van der Waals surface area contributed by atoms with E-state index in [9.17, 15) is 28.4 Å². The van der Waals surface area contributed by atoms with Crippen molar-refractivity contribution in [3.8, 4) is 5.75 Å². The highest BCUT2D eigenvalue weighted by Gasteiger charge is 2.26. The van der Waals surface area contributed by atoms with Gasteiger partial charge >= 0.3 is 5.69 Å². The Bertz CT molecular complexity index is 935. The van der Waals surface area contributed by atoms with Crippen molar-refractivity contribution in [3.63, 3.8) is 0 Å². The van der Waals surface area contributed by atoms with E-state index < -0.39 is 32.0 Å². The molecule has 0 unspecified atom stereocenters. The number of rotatable bonds is 6. The minimum atomic E-state index is -3.55. The molecule has 1 aromatic heterocycles. The summed E-state index contributed by atoms with van der Waals surface area (Å²) in [5.41, 5.74) is -1.11. The Balaban J connectivity index is 2.40. The number of amides is 1. The zero-order chi connectivity index (χ0) is 18.8. The lowest BCUT2D eigenvalue weighted by Crippen LogP contribution is -2.15. The number of nitro groups is 1. The quantitative estimate of drug-likeness (QED) is 0.447. The van der Waals surface area contributed by atoms with Gasteiger partial charge in [-0.1, -0.05) is 6.92 Å². The number of nitrogens with one attached hydrogen (secondary N) is 1. The highest BCUT2D eigenvalue weighted by Crippen LogP contribution is 2.28. The van der Waals surface area contributed by atoms with Gasteiger partial charge in [0, 0.05) is 6.54 Å². The second kappa shape index (κ2) is 6.89. The third kappa shape index (κ3) is 3.76. The smallest absolute Gasteiger partial charge is 0.320 e. The van der Waals surface area contributed by atoms with Crippen LogP contribution in [0.25, 0.3) is 0 Å². The van der Waals surface area contributed by atoms with Crippen molar-refractivity contribution in [2.45, 2.75) is 25.3 Å². The molecule has 0 saturated heterocycles. The molecule has 0 aliphatic heterocycles. The summed E-state index contributed by atoms with van der Waals surface area (Å²) in [7, 11) is -3.55. The number of sulfone groups is 1. The molecule has 2 rings (SSSR count). The molecule has 1 amide bonds. The minimum Gasteiger partial charge on any atom is -0.506 e. The van der Waals surface area contributed by atoms with Crippen molar-refractivity contribution in [1.29, 1.82) is 0 Å². The predicted molar refractivity (Wildman–Crippen MR) is 88.3 cm³/mol. The lowest BCUT2D eigenvalue weighted by Gasteiger charge is -2.08. The number of carbonyl (C=O) groups excluding carboxylic acids is 1. The van der Waals surface area contributed by atoms with Crippen LogP contribution in [0.1, 0.15) is 24.3 Å². The van der Waals surface area contributed by atoms with Gasteiger partial charge in [-0.05, 0) is 25.1 Å². The molecular formula is C14H16N4O6S. The molecule has 0 radical (unpaired) electrons. The van der Waals surface area contributed by atoms with Crippen molar-refractivity contribution in [3.05, 3.63) is 40.2 Å². The van der Waals surface area contributed by atoms with E-state index in [1.807, 2.05) is 0 Å². The molecule has 0 saturated carbocycles. The molecule has 11 heteroatoms. The fourth-order valence-corrected chi connectivity index (χ4v) is 2.93. The number of phenols is 1. The molecule has 0 bridgehead atoms. The van der Waals surface area contributed by atoms with E-state index in [0.29, 0.717) is 6.54 Å². The van der Waals surface area contributed by atoms with Gasteiger partial charge in [0.05, 0.1) is 21.3 Å². The van der Waals surface area contributed by atoms with Crippen molar-refractivity contribution in [2.24, 2.45) is 0 Å². The predicted octanol–water partition coefficient (Wildman–Crippen LogP) is 1.56. The molecule has 2 N–H and O–H groups in total. The lowest BCUT2D eigenvalue weighted by atomic mass is 10.2. The summed E-state index contributed by atoms with van der Waals surface area (Å²) >= 11 is 0. The Morgan fingerprint density at radius 3 is 2.64 bits per heavy atom. The summed E-state index contributed by atoms with van der Waals surface area (Å²) in [5.74, 6) is -1.46. The highest BCUT2D eigenvalue weighted by atomic mass is 32.2. The number of phenolic OH excluding ortho intramolecular Hbond substituents is 1. The van der Waals surface area contributed by atoms with Crippen LogP contribution < -0.4 is 5.32 Å². The maximum atomic E-state index is 12.3. The van der Waals surface area contributed by atoms with Gasteiger partial charge < -0.3 is 10.4 Å². The number of aromatic hydroxyl groups is 1. The number of hydrogen-bond acceptors (Lipinski definition) is 7. The van der Waals surface area contributed by atoms with Crippen LogP contribution in [0.3, 0.4) is 0 Å². The zero-order valence-electron chi connectivity index (χ0n) is 13.5. The number of nitrogens with zero attached hydrogens (tertiary/aromatic N) is 3. The molecule has 2 aromatic rings. The van der Waals surface area contributed by atoms with E-state index in [4.69, 9.17) is 0 Å². The first-order valence-corrected chi connectivity index (χ1v) is 8.93. The summed E-state index contributed by atoms with van der Waals surface area (Å²) in [6.45, 7) is 3.48. The molecule has 134 valence electrons. The van der Waals surface area contributed by atoms with Gasteiger partial charge in [0.1, 0.15) is 11.9 Å². The van der Waals surface area contributed by atoms with E-state index >= 15 is 0 Å². The Kier molecular flexibility index (Phi) is 5.07. The van der Waals surface area contributed by atoms with Gasteiger partial charge in [0.25, 0.3) is 5.91 Å². The van der Waals surface area contributed by atoms with Crippen molar-refractivity contribution >= 4 is 27.1 Å². The maximum absolute atomic E-state index is 12.3. The van der Waals surface area contributed by atoms with Crippen LogP contribution in [0, 0.1) is 10.1 Å². The van der Waals surface area contributed by atoms with Gasteiger partial charge in [-0.15, -0.1) is 0 Å². The van der Waals surface area contributed by atoms with Gasteiger partial charge in [0.2, 0.25) is 5.69 Å². The SMILES string of the molecule is CCn1cc([N+](=O)[O-])c(C(=O)Nc2cc(S(=O)(=O)CC)ccc2O)n1. The summed E-state index contributed by atoms with van der Waals surface area (Å²) in [6, 6.07) is 3.42. The zero-order valence-corrected chi connectivity index (χ0v) is 14.3. The standard InChI is InChI=1S/C14H16N4O6S/c1-3-17-8-11(18(21)22)13(16-17)14(20)15-10-7-9(5-6-12(10)19)25(23,24)4-2/h5-8,19H,3-4H2,1-2H3,(H,15,20). The number of aromatic nitrogens is 2. The molecular weight excluding hydrogens is 352 g/mol. The summed E-state index contributed by atoms with van der Waals surface area (Å²) in [6.07, 6.45) is 1.12. The lowest BCUT2D eigenvalue weighted by molar-refractivity contribution is -0.385. The van der Waals surface area contributed by atoms with Gasteiger partial charge in [-0.2, -0.15) is 5.10 Å². The third-order valence-corrected chi connectivity index (χ3v) is 5.17. The Hall–Kier alpha value is -2.95. The maximum Gasteiger partial charge on any atom is 0.320 e. The number of carbonyl (C=O) groups is 1. The number of hydrogen-bond donors (Lipinski definition) is 2. The fourth-order valence-electron chi connectivity index (χ4n) is 2.03. The molecule has 1 heterocycles. The monoisotopic (exact) mass is 368 g/mol. The van der Waals surface area contributed by atoms with Crippen molar-refractivity contribution in [1.82, 2.24) is 9.78 Å². The van der Waals surface area contributed by atoms with Crippen LogP contribution in [0.4, 0.5) is 11.4 Å². The van der Waals surface area contributed by atoms with E-state index in [0.717, 1.165) is 18.3 Å². The van der Waals surface area contributed by atoms with E-state index in [1.165, 1.54) is 17.7 Å². The molecule has 0 aliphatic carbocycles. The van der Waals surface area contributed by atoms with Gasteiger partial charge in [0.15, 0.2) is 9.84 Å². The van der Waals surface area contributed by atoms with E-state index in [-0.39, 0.29) is 22.1 Å². The average Bonchev–Trinajstić information content (AvgIpc) is 3.01. The molecule has 0 aliphatic rings. The molecule has 1 aromatic carbocycles. The largest absolute Gasteiger partial charge is 0.506 e. The van der Waals surface area contributed by atoms with Gasteiger partial charge in [-0.3, -0.25) is 19.6 Å². The first-order valence-electron chi connectivity index (χ1n) is 7.28. The van der Waals surface area contributed by atoms with E-state index in [2.05, 4.69) is 10.4 Å². The molecule has 0 spiro atoms. The summed E-state index contributed by atoms with van der Waals surface area (Å²) < 4.78 is 25.0. The van der Waals surface area contributed by atoms with Crippen LogP contribution in [0.15, 0.2) is 29.3 Å². The van der Waals surface area contributed by atoms with Crippen LogP contribution >= 0.6 is 0 Å². The number of anilines is 1. The topological polar surface area (TPSA) is 144 Å². The molecule has 10 nitrogen and oxygen atoms in total. The highest BCUT2D eigenvalue weighted by molar-refractivity contribution is 7.91. The van der Waals surface area contributed by atoms with Crippen molar-refractivity contribution < 1.29 is 23.2 Å². The summed E-state index contributed by atoms with van der Waals surface area (Å²) in [5, 5.41) is 27.0. The van der Waals surface area contributed by atoms with E-state index in [1.54, 1.807) is 6.92 Å². The molecule has 0 atom stereocenters. The second-order valence-corrected chi connectivity index (χ2v) is 7.29. The summed E-state index contributed by atoms with van der Waals surface area (Å²) in [4.78, 5) is 22.5. The average molecular weight is 368 g/mol. The second-order valence-electron chi connectivity index (χ2n) is 5.01. The van der Waals surface area contributed by atoms with Gasteiger partial charge in [-0.25, -0.2) is 8.42 Å². The first-order chi connectivity index (χ1) is 11.7. The van der Waals surface area contributed by atoms with Crippen LogP contribution in [-0.4, -0.2) is 39.9 Å². The van der Waals surface area contributed by atoms with Crippen LogP contribution in [0.5, 0.6) is 5.75 Å². The number of aryl methyl sites for hydroxylation is 1. The first kappa shape index (κ1) is 18.4. The normalized spacial score (nSPS) is 11.3. The molecule has 0 fully saturated rings. The Labute approximate surface area is 143 Å². The van der Waals surface area contributed by atoms with Crippen LogP contribution in [-0.2, 0) is 16.4 Å². The number of benzene rings is 1. The Morgan fingerprint density at radius 1 is 1.40 bits per heavy atom. The fraction of sp³-hybridized carbons (Fsp3) is 0.286. The van der Waals surface area contributed by atoms with Crippen molar-refractivity contribution in [2.75, 3.05) is 11.1 Å². The third-order valence-electron chi connectivity index (χ3n) is 3.43.